The van der Waals surface area contributed by atoms with Crippen molar-refractivity contribution in [1.29, 1.82) is 0 Å². The van der Waals surface area contributed by atoms with Gasteiger partial charge in [-0.15, -0.1) is 0 Å². The van der Waals surface area contributed by atoms with E-state index in [1.165, 1.54) is 0 Å². The van der Waals surface area contributed by atoms with E-state index in [0.29, 0.717) is 6.42 Å². The molecule has 1 saturated heterocycles. The van der Waals surface area contributed by atoms with Crippen LogP contribution in [0.2, 0.25) is 0 Å². The van der Waals surface area contributed by atoms with E-state index in [-0.39, 0.29) is 24.7 Å². The maximum atomic E-state index is 11.8. The van der Waals surface area contributed by atoms with Crippen LogP contribution in [0.1, 0.15) is 31.9 Å². The van der Waals surface area contributed by atoms with Crippen molar-refractivity contribution in [1.82, 2.24) is 20.5 Å². The molecular formula is C16H26N4O2. The summed E-state index contributed by atoms with van der Waals surface area (Å²) in [5, 5.41) is 14.7. The minimum Gasteiger partial charge on any atom is -0.396 e. The molecule has 6 heteroatoms. The lowest BCUT2D eigenvalue weighted by Crippen LogP contribution is -2.49. The lowest BCUT2D eigenvalue weighted by atomic mass is 10.0. The number of hydrogen-bond acceptors (Lipinski definition) is 4. The highest BCUT2D eigenvalue weighted by Crippen LogP contribution is 2.12. The monoisotopic (exact) mass is 306 g/mol. The number of pyridine rings is 1. The highest BCUT2D eigenvalue weighted by atomic mass is 16.3. The molecule has 0 spiro atoms. The second-order valence-electron chi connectivity index (χ2n) is 5.90. The molecule has 2 rings (SSSR count). The zero-order valence-electron chi connectivity index (χ0n) is 13.2. The first-order chi connectivity index (χ1) is 10.7. The number of nitrogens with one attached hydrogen (secondary N) is 2. The fourth-order valence-corrected chi connectivity index (χ4v) is 2.67. The summed E-state index contributed by atoms with van der Waals surface area (Å²) < 4.78 is 0. The Morgan fingerprint density at radius 3 is 2.86 bits per heavy atom. The van der Waals surface area contributed by atoms with Gasteiger partial charge in [0.2, 0.25) is 0 Å². The summed E-state index contributed by atoms with van der Waals surface area (Å²) in [5.41, 5.74) is 1.09. The van der Waals surface area contributed by atoms with Gasteiger partial charge in [0, 0.05) is 44.5 Å². The van der Waals surface area contributed by atoms with Gasteiger partial charge in [0.15, 0.2) is 0 Å². The average molecular weight is 306 g/mol. The fraction of sp³-hybridized carbons (Fsp3) is 0.625. The van der Waals surface area contributed by atoms with Crippen LogP contribution in [0.25, 0.3) is 0 Å². The third-order valence-electron chi connectivity index (χ3n) is 3.97. The molecule has 0 saturated carbocycles. The van der Waals surface area contributed by atoms with Crippen molar-refractivity contribution in [2.45, 2.75) is 44.8 Å². The number of urea groups is 1. The molecule has 122 valence electrons. The van der Waals surface area contributed by atoms with Crippen molar-refractivity contribution in [3.05, 3.63) is 30.1 Å². The Morgan fingerprint density at radius 1 is 1.45 bits per heavy atom. The number of piperidine rings is 1. The Kier molecular flexibility index (Phi) is 6.61. The molecule has 3 N–H and O–H groups in total. The molecule has 0 unspecified atom stereocenters. The lowest BCUT2D eigenvalue weighted by molar-refractivity contribution is 0.183. The van der Waals surface area contributed by atoms with Crippen molar-refractivity contribution >= 4 is 6.03 Å². The van der Waals surface area contributed by atoms with Crippen LogP contribution in [0, 0.1) is 0 Å². The van der Waals surface area contributed by atoms with E-state index in [4.69, 9.17) is 5.11 Å². The molecule has 1 aliphatic heterocycles. The first kappa shape index (κ1) is 16.7. The zero-order valence-corrected chi connectivity index (χ0v) is 13.2. The van der Waals surface area contributed by atoms with E-state index in [1.54, 1.807) is 0 Å². The number of carbonyl (C=O) groups excluding carboxylic acids is 1. The van der Waals surface area contributed by atoms with Gasteiger partial charge in [-0.05, 0) is 38.3 Å². The fourth-order valence-electron chi connectivity index (χ4n) is 2.67. The standard InChI is InChI=1S/C16H26N4O2/c1-13(7-11-21)18-16(22)19-14-5-9-20(10-6-14)12-15-4-2-3-8-17-15/h2-4,8,13-14,21H,5-7,9-12H2,1H3,(H2,18,19,22)/t13-/m1/s1. The summed E-state index contributed by atoms with van der Waals surface area (Å²) in [6.45, 7) is 4.79. The quantitative estimate of drug-likeness (QED) is 0.736. The summed E-state index contributed by atoms with van der Waals surface area (Å²) in [7, 11) is 0. The Morgan fingerprint density at radius 2 is 2.23 bits per heavy atom. The third-order valence-corrected chi connectivity index (χ3v) is 3.97. The van der Waals surface area contributed by atoms with Crippen molar-refractivity contribution in [3.8, 4) is 0 Å². The predicted octanol–water partition coefficient (Wildman–Crippen LogP) is 1.12. The van der Waals surface area contributed by atoms with Crippen molar-refractivity contribution in [2.75, 3.05) is 19.7 Å². The van der Waals surface area contributed by atoms with Crippen LogP contribution in [-0.4, -0.2) is 52.8 Å². The normalized spacial score (nSPS) is 17.9. The highest BCUT2D eigenvalue weighted by molar-refractivity contribution is 5.74. The van der Waals surface area contributed by atoms with Crippen LogP contribution >= 0.6 is 0 Å². The van der Waals surface area contributed by atoms with Crippen LogP contribution in [0.3, 0.4) is 0 Å². The molecule has 0 aliphatic carbocycles. The van der Waals surface area contributed by atoms with Crippen LogP contribution in [0.5, 0.6) is 0 Å². The Balaban J connectivity index is 1.67. The van der Waals surface area contributed by atoms with E-state index < -0.39 is 0 Å². The zero-order chi connectivity index (χ0) is 15.8. The summed E-state index contributed by atoms with van der Waals surface area (Å²) >= 11 is 0. The molecule has 2 heterocycles. The second kappa shape index (κ2) is 8.70. The van der Waals surface area contributed by atoms with Crippen molar-refractivity contribution < 1.29 is 9.90 Å². The number of amides is 2. The molecule has 1 fully saturated rings. The van der Waals surface area contributed by atoms with Gasteiger partial charge in [-0.3, -0.25) is 9.88 Å². The third kappa shape index (κ3) is 5.61. The van der Waals surface area contributed by atoms with Gasteiger partial charge < -0.3 is 15.7 Å². The summed E-state index contributed by atoms with van der Waals surface area (Å²) in [4.78, 5) is 18.6. The smallest absolute Gasteiger partial charge is 0.315 e. The van der Waals surface area contributed by atoms with E-state index in [1.807, 2.05) is 31.3 Å². The van der Waals surface area contributed by atoms with Gasteiger partial charge in [-0.1, -0.05) is 6.07 Å². The number of hydrogen-bond donors (Lipinski definition) is 3. The molecule has 1 aromatic rings. The van der Waals surface area contributed by atoms with Crippen LogP contribution in [0.4, 0.5) is 4.79 Å². The number of aliphatic hydroxyl groups excluding tert-OH is 1. The van der Waals surface area contributed by atoms with Gasteiger partial charge in [0.05, 0.1) is 5.69 Å². The first-order valence-corrected chi connectivity index (χ1v) is 7.97. The maximum absolute atomic E-state index is 11.8. The average Bonchev–Trinajstić information content (AvgIpc) is 2.50. The van der Waals surface area contributed by atoms with Gasteiger partial charge in [-0.25, -0.2) is 4.79 Å². The molecule has 2 amide bonds. The summed E-state index contributed by atoms with van der Waals surface area (Å²) in [5.74, 6) is 0. The molecule has 0 bridgehead atoms. The van der Waals surface area contributed by atoms with E-state index in [9.17, 15) is 4.79 Å². The van der Waals surface area contributed by atoms with E-state index >= 15 is 0 Å². The number of carbonyl (C=O) groups is 1. The van der Waals surface area contributed by atoms with Gasteiger partial charge >= 0.3 is 6.03 Å². The summed E-state index contributed by atoms with van der Waals surface area (Å²) in [6.07, 6.45) is 4.31. The number of aromatic nitrogens is 1. The molecule has 1 aliphatic rings. The number of rotatable bonds is 6. The molecular weight excluding hydrogens is 280 g/mol. The van der Waals surface area contributed by atoms with E-state index in [0.717, 1.165) is 38.2 Å². The SMILES string of the molecule is C[C@H](CCO)NC(=O)NC1CCN(Cc2ccccn2)CC1. The van der Waals surface area contributed by atoms with Gasteiger partial charge in [-0.2, -0.15) is 0 Å². The van der Waals surface area contributed by atoms with Crippen LogP contribution < -0.4 is 10.6 Å². The lowest BCUT2D eigenvalue weighted by Gasteiger charge is -2.32. The Hall–Kier alpha value is -1.66. The van der Waals surface area contributed by atoms with Crippen molar-refractivity contribution in [3.63, 3.8) is 0 Å². The summed E-state index contributed by atoms with van der Waals surface area (Å²) in [6, 6.07) is 6.06. The maximum Gasteiger partial charge on any atom is 0.315 e. The number of likely N-dealkylation sites (tertiary alicyclic amines) is 1. The van der Waals surface area contributed by atoms with Crippen LogP contribution in [-0.2, 0) is 6.54 Å². The molecule has 0 radical (unpaired) electrons. The molecule has 0 aromatic carbocycles. The van der Waals surface area contributed by atoms with E-state index in [2.05, 4.69) is 20.5 Å². The van der Waals surface area contributed by atoms with Crippen molar-refractivity contribution in [2.24, 2.45) is 0 Å². The number of nitrogens with zero attached hydrogens (tertiary/aromatic N) is 2. The largest absolute Gasteiger partial charge is 0.396 e. The molecule has 6 nitrogen and oxygen atoms in total. The molecule has 22 heavy (non-hydrogen) atoms. The minimum absolute atomic E-state index is 0.00533. The topological polar surface area (TPSA) is 77.5 Å². The first-order valence-electron chi connectivity index (χ1n) is 7.97. The number of aliphatic hydroxyl groups is 1. The predicted molar refractivity (Wildman–Crippen MR) is 85.4 cm³/mol. The van der Waals surface area contributed by atoms with Gasteiger partial charge in [0.25, 0.3) is 0 Å². The minimum atomic E-state index is -0.135. The van der Waals surface area contributed by atoms with Crippen LogP contribution in [0.15, 0.2) is 24.4 Å². The molecule has 1 atom stereocenters. The Labute approximate surface area is 131 Å². The Bertz CT molecular complexity index is 447. The highest BCUT2D eigenvalue weighted by Gasteiger charge is 2.21. The second-order valence-corrected chi connectivity index (χ2v) is 5.90. The molecule has 1 aromatic heterocycles. The van der Waals surface area contributed by atoms with Gasteiger partial charge in [0.1, 0.15) is 0 Å².